The molecule has 20 heavy (non-hydrogen) atoms. The third-order valence-corrected chi connectivity index (χ3v) is 2.59. The molecule has 0 amide bonds. The second kappa shape index (κ2) is 4.46. The first-order valence-electron chi connectivity index (χ1n) is 5.53. The molecule has 0 saturated carbocycles. The Morgan fingerprint density at radius 3 is 2.65 bits per heavy atom. The maximum Gasteiger partial charge on any atom is 0.276 e. The summed E-state index contributed by atoms with van der Waals surface area (Å²) in [6.07, 6.45) is 0. The number of anilines is 1. The number of nitrogen functional groups attached to an aromatic ring is 1. The van der Waals surface area contributed by atoms with E-state index in [0.29, 0.717) is 22.9 Å². The average molecular weight is 272 g/mol. The van der Waals surface area contributed by atoms with Crippen LogP contribution in [0.15, 0.2) is 34.9 Å². The number of non-ortho nitro benzene ring substituents is 1. The van der Waals surface area contributed by atoms with Crippen molar-refractivity contribution in [1.82, 2.24) is 20.3 Å². The molecule has 9 heteroatoms. The Labute approximate surface area is 111 Å². The fourth-order valence-corrected chi connectivity index (χ4v) is 1.63. The molecule has 0 aliphatic rings. The number of nitro groups is 1. The van der Waals surface area contributed by atoms with Crippen LogP contribution in [0.4, 0.5) is 11.5 Å². The van der Waals surface area contributed by atoms with Crippen LogP contribution >= 0.6 is 0 Å². The Bertz CT molecular complexity index is 761. The molecule has 9 nitrogen and oxygen atoms in total. The highest BCUT2D eigenvalue weighted by Gasteiger charge is 2.13. The molecule has 0 saturated heterocycles. The highest BCUT2D eigenvalue weighted by molar-refractivity contribution is 5.60. The number of nitrogens with two attached hydrogens (primary N) is 1. The molecule has 0 bridgehead atoms. The van der Waals surface area contributed by atoms with Gasteiger partial charge in [0.2, 0.25) is 5.82 Å². The van der Waals surface area contributed by atoms with Gasteiger partial charge in [0.15, 0.2) is 0 Å². The molecule has 0 spiro atoms. The lowest BCUT2D eigenvalue weighted by molar-refractivity contribution is -0.384. The maximum atomic E-state index is 10.6. The Morgan fingerprint density at radius 1 is 1.30 bits per heavy atom. The van der Waals surface area contributed by atoms with Crippen LogP contribution in [-0.2, 0) is 0 Å². The average Bonchev–Trinajstić information content (AvgIpc) is 3.07. The van der Waals surface area contributed by atoms with Crippen molar-refractivity contribution >= 4 is 11.5 Å². The van der Waals surface area contributed by atoms with Gasteiger partial charge in [0, 0.05) is 23.8 Å². The number of H-pyrrole nitrogens is 1. The molecule has 0 radical (unpaired) electrons. The van der Waals surface area contributed by atoms with Crippen molar-refractivity contribution < 1.29 is 9.45 Å². The smallest absolute Gasteiger partial charge is 0.276 e. The van der Waals surface area contributed by atoms with Gasteiger partial charge in [-0.3, -0.25) is 15.2 Å². The van der Waals surface area contributed by atoms with Gasteiger partial charge in [-0.25, -0.2) is 0 Å². The summed E-state index contributed by atoms with van der Waals surface area (Å²) in [5.41, 5.74) is 6.59. The SMILES string of the molecule is Nc1cc(-c2nc(-c3ccc([N+](=O)[O-])cc3)no2)[nH]n1. The molecule has 0 atom stereocenters. The molecule has 2 aromatic heterocycles. The van der Waals surface area contributed by atoms with E-state index in [-0.39, 0.29) is 11.6 Å². The summed E-state index contributed by atoms with van der Waals surface area (Å²) < 4.78 is 5.07. The fourth-order valence-electron chi connectivity index (χ4n) is 1.63. The predicted octanol–water partition coefficient (Wildman–Crippen LogP) is 1.62. The van der Waals surface area contributed by atoms with Gasteiger partial charge in [-0.2, -0.15) is 10.1 Å². The van der Waals surface area contributed by atoms with Gasteiger partial charge in [-0.05, 0) is 12.1 Å². The van der Waals surface area contributed by atoms with E-state index in [1.165, 1.54) is 12.1 Å². The Kier molecular flexibility index (Phi) is 2.64. The number of nitro benzene ring substituents is 1. The van der Waals surface area contributed by atoms with Crippen LogP contribution in [0.2, 0.25) is 0 Å². The summed E-state index contributed by atoms with van der Waals surface area (Å²) in [7, 11) is 0. The van der Waals surface area contributed by atoms with Crippen LogP contribution in [0.25, 0.3) is 23.0 Å². The number of hydrogen-bond donors (Lipinski definition) is 2. The Hall–Kier alpha value is -3.23. The van der Waals surface area contributed by atoms with Gasteiger partial charge in [-0.15, -0.1) is 0 Å². The standard InChI is InChI=1S/C11H8N6O3/c12-9-5-8(14-15-9)11-13-10(16-20-11)6-1-3-7(4-2-6)17(18)19/h1-5H,(H3,12,14,15). The summed E-state index contributed by atoms with van der Waals surface area (Å²) in [5, 5.41) is 20.8. The van der Waals surface area contributed by atoms with Gasteiger partial charge < -0.3 is 10.3 Å². The van der Waals surface area contributed by atoms with Crippen molar-refractivity contribution in [2.45, 2.75) is 0 Å². The minimum Gasteiger partial charge on any atom is -0.382 e. The Morgan fingerprint density at radius 2 is 2.05 bits per heavy atom. The van der Waals surface area contributed by atoms with E-state index in [1.807, 2.05) is 0 Å². The Balaban J connectivity index is 1.91. The summed E-state index contributed by atoms with van der Waals surface area (Å²) in [5.74, 6) is 0.876. The number of aromatic amines is 1. The van der Waals surface area contributed by atoms with Gasteiger partial charge in [-0.1, -0.05) is 5.16 Å². The molecule has 3 aromatic rings. The lowest BCUT2D eigenvalue weighted by Crippen LogP contribution is -1.87. The quantitative estimate of drug-likeness (QED) is 0.545. The van der Waals surface area contributed by atoms with Crippen LogP contribution in [0.3, 0.4) is 0 Å². The summed E-state index contributed by atoms with van der Waals surface area (Å²) in [6, 6.07) is 7.41. The number of nitrogens with zero attached hydrogens (tertiary/aromatic N) is 4. The second-order valence-electron chi connectivity index (χ2n) is 3.93. The normalized spacial score (nSPS) is 10.6. The van der Waals surface area contributed by atoms with Crippen molar-refractivity contribution in [3.8, 4) is 23.0 Å². The topological polar surface area (TPSA) is 137 Å². The van der Waals surface area contributed by atoms with Crippen LogP contribution in [-0.4, -0.2) is 25.3 Å². The zero-order valence-corrected chi connectivity index (χ0v) is 9.98. The molecule has 1 aromatic carbocycles. The first-order chi connectivity index (χ1) is 9.63. The summed E-state index contributed by atoms with van der Waals surface area (Å²) in [4.78, 5) is 14.3. The summed E-state index contributed by atoms with van der Waals surface area (Å²) >= 11 is 0. The highest BCUT2D eigenvalue weighted by atomic mass is 16.6. The van der Waals surface area contributed by atoms with Crippen LogP contribution < -0.4 is 5.73 Å². The first-order valence-corrected chi connectivity index (χ1v) is 5.53. The molecule has 3 rings (SSSR count). The maximum absolute atomic E-state index is 10.6. The molecule has 0 fully saturated rings. The third-order valence-electron chi connectivity index (χ3n) is 2.59. The number of aromatic nitrogens is 4. The monoisotopic (exact) mass is 272 g/mol. The van der Waals surface area contributed by atoms with Gasteiger partial charge in [0.05, 0.1) is 4.92 Å². The molecule has 100 valence electrons. The number of hydrogen-bond acceptors (Lipinski definition) is 7. The molecule has 2 heterocycles. The molecule has 0 aliphatic heterocycles. The van der Waals surface area contributed by atoms with Crippen molar-refractivity contribution in [2.75, 3.05) is 5.73 Å². The zero-order valence-electron chi connectivity index (χ0n) is 9.98. The molecule has 0 aliphatic carbocycles. The van der Waals surface area contributed by atoms with Crippen molar-refractivity contribution in [3.05, 3.63) is 40.4 Å². The van der Waals surface area contributed by atoms with Crippen molar-refractivity contribution in [3.63, 3.8) is 0 Å². The van der Waals surface area contributed by atoms with Gasteiger partial charge in [0.1, 0.15) is 11.5 Å². The lowest BCUT2D eigenvalue weighted by atomic mass is 10.2. The first kappa shape index (κ1) is 11.8. The van der Waals surface area contributed by atoms with Crippen molar-refractivity contribution in [1.29, 1.82) is 0 Å². The van der Waals surface area contributed by atoms with E-state index in [9.17, 15) is 10.1 Å². The molecule has 3 N–H and O–H groups in total. The molecular formula is C11H8N6O3. The van der Waals surface area contributed by atoms with Crippen LogP contribution in [0.1, 0.15) is 0 Å². The van der Waals surface area contributed by atoms with E-state index >= 15 is 0 Å². The number of benzene rings is 1. The van der Waals surface area contributed by atoms with Crippen LogP contribution in [0, 0.1) is 10.1 Å². The van der Waals surface area contributed by atoms with E-state index < -0.39 is 4.92 Å². The molecular weight excluding hydrogens is 264 g/mol. The molecule has 0 unspecified atom stereocenters. The van der Waals surface area contributed by atoms with Gasteiger partial charge >= 0.3 is 0 Å². The lowest BCUT2D eigenvalue weighted by Gasteiger charge is -1.93. The number of nitrogens with one attached hydrogen (secondary N) is 1. The number of rotatable bonds is 3. The van der Waals surface area contributed by atoms with E-state index in [4.69, 9.17) is 10.3 Å². The van der Waals surface area contributed by atoms with E-state index in [0.717, 1.165) is 0 Å². The van der Waals surface area contributed by atoms with E-state index in [1.54, 1.807) is 18.2 Å². The zero-order chi connectivity index (χ0) is 14.1. The second-order valence-corrected chi connectivity index (χ2v) is 3.93. The largest absolute Gasteiger partial charge is 0.382 e. The van der Waals surface area contributed by atoms with E-state index in [2.05, 4.69) is 20.3 Å². The predicted molar refractivity (Wildman–Crippen MR) is 68.4 cm³/mol. The minimum absolute atomic E-state index is 0.00110. The minimum atomic E-state index is -0.473. The van der Waals surface area contributed by atoms with Gasteiger partial charge in [0.25, 0.3) is 11.6 Å². The van der Waals surface area contributed by atoms with Crippen LogP contribution in [0.5, 0.6) is 0 Å². The van der Waals surface area contributed by atoms with Crippen molar-refractivity contribution in [2.24, 2.45) is 0 Å². The summed E-state index contributed by atoms with van der Waals surface area (Å²) in [6.45, 7) is 0. The highest BCUT2D eigenvalue weighted by Crippen LogP contribution is 2.23. The third kappa shape index (κ3) is 2.07. The fraction of sp³-hybridized carbons (Fsp3) is 0.